The molecule has 3 heteroatoms. The second kappa shape index (κ2) is 11.0. The van der Waals surface area contributed by atoms with Gasteiger partial charge in [-0.2, -0.15) is 0 Å². The summed E-state index contributed by atoms with van der Waals surface area (Å²) in [6.45, 7) is 11.8. The Hall–Kier alpha value is 1.29. The van der Waals surface area contributed by atoms with Gasteiger partial charge in [-0.3, -0.25) is 0 Å². The van der Waals surface area contributed by atoms with Crippen LogP contribution >= 0.6 is 27.7 Å². The first-order valence-electron chi connectivity index (χ1n) is 9.67. The molecule has 5 atom stereocenters. The molecule has 0 aliphatic rings. The fraction of sp³-hybridized carbons (Fsp3) is 1.00. The lowest BCUT2D eigenvalue weighted by Crippen LogP contribution is -2.58. The maximum atomic E-state index is 3.38. The number of rotatable bonds is 13. The van der Waals surface area contributed by atoms with Crippen molar-refractivity contribution in [3.05, 3.63) is 0 Å². The van der Waals surface area contributed by atoms with E-state index in [0.29, 0.717) is 15.5 Å². The largest absolute Gasteiger partial charge is 0.130 e. The molecule has 0 heterocycles. The Morgan fingerprint density at radius 1 is 0.545 bits per heavy atom. The molecule has 0 amide bonds. The standard InChI is InChI=1S/C19H43P3/c1-6-11-15-17(20,13-8-3)19(22,10-5)18(21,14-9-4)16-12-7-2/h6-16,20-22H2,1-5H3. The highest BCUT2D eigenvalue weighted by Crippen LogP contribution is 2.59. The zero-order valence-corrected chi connectivity index (χ0v) is 19.5. The summed E-state index contributed by atoms with van der Waals surface area (Å²) in [5, 5.41) is 0.995. The van der Waals surface area contributed by atoms with E-state index in [1.165, 1.54) is 70.6 Å². The van der Waals surface area contributed by atoms with Crippen molar-refractivity contribution in [2.45, 2.75) is 121 Å². The van der Waals surface area contributed by atoms with Crippen molar-refractivity contribution >= 4 is 27.7 Å². The topological polar surface area (TPSA) is 0 Å². The van der Waals surface area contributed by atoms with Gasteiger partial charge in [-0.25, -0.2) is 0 Å². The Labute approximate surface area is 148 Å². The van der Waals surface area contributed by atoms with Crippen LogP contribution in [0.3, 0.4) is 0 Å². The van der Waals surface area contributed by atoms with Gasteiger partial charge in [0.05, 0.1) is 0 Å². The van der Waals surface area contributed by atoms with E-state index in [4.69, 9.17) is 0 Å². The molecule has 0 radical (unpaired) electrons. The molecule has 0 saturated carbocycles. The predicted octanol–water partition coefficient (Wildman–Crippen LogP) is 7.22. The van der Waals surface area contributed by atoms with E-state index in [9.17, 15) is 0 Å². The molecule has 0 aromatic heterocycles. The lowest BCUT2D eigenvalue weighted by atomic mass is 9.69. The second-order valence-corrected chi connectivity index (χ2v) is 10.5. The summed E-state index contributed by atoms with van der Waals surface area (Å²) in [4.78, 5) is 0. The Bertz CT molecular complexity index is 268. The molecule has 0 nitrogen and oxygen atoms in total. The summed E-state index contributed by atoms with van der Waals surface area (Å²) in [5.41, 5.74) is 0. The van der Waals surface area contributed by atoms with Gasteiger partial charge in [-0.1, -0.05) is 73.1 Å². The molecule has 0 aliphatic carbocycles. The van der Waals surface area contributed by atoms with Crippen LogP contribution in [-0.2, 0) is 0 Å². The lowest BCUT2D eigenvalue weighted by molar-refractivity contribution is 0.258. The Balaban J connectivity index is 5.68. The summed E-state index contributed by atoms with van der Waals surface area (Å²) >= 11 is 0. The van der Waals surface area contributed by atoms with Gasteiger partial charge < -0.3 is 0 Å². The minimum atomic E-state index is 0.297. The van der Waals surface area contributed by atoms with Gasteiger partial charge in [0.1, 0.15) is 0 Å². The molecule has 0 aromatic rings. The quantitative estimate of drug-likeness (QED) is 0.303. The third-order valence-electron chi connectivity index (χ3n) is 5.68. The third kappa shape index (κ3) is 5.40. The van der Waals surface area contributed by atoms with Gasteiger partial charge >= 0.3 is 0 Å². The van der Waals surface area contributed by atoms with Crippen molar-refractivity contribution in [2.24, 2.45) is 0 Å². The molecule has 22 heavy (non-hydrogen) atoms. The Morgan fingerprint density at radius 3 is 1.14 bits per heavy atom. The van der Waals surface area contributed by atoms with Crippen LogP contribution in [0.2, 0.25) is 0 Å². The van der Waals surface area contributed by atoms with Crippen LogP contribution in [0.4, 0.5) is 0 Å². The first kappa shape index (κ1) is 23.3. The molecular formula is C19H43P3. The maximum absolute atomic E-state index is 3.38. The lowest BCUT2D eigenvalue weighted by Gasteiger charge is -2.57. The third-order valence-corrected chi connectivity index (χ3v) is 10.1. The van der Waals surface area contributed by atoms with Gasteiger partial charge in [-0.15, -0.1) is 27.7 Å². The second-order valence-electron chi connectivity index (χ2n) is 7.34. The van der Waals surface area contributed by atoms with E-state index >= 15 is 0 Å². The van der Waals surface area contributed by atoms with E-state index in [1.807, 2.05) is 0 Å². The van der Waals surface area contributed by atoms with Crippen molar-refractivity contribution in [1.82, 2.24) is 0 Å². The van der Waals surface area contributed by atoms with Crippen molar-refractivity contribution in [1.29, 1.82) is 0 Å². The highest BCUT2D eigenvalue weighted by Gasteiger charge is 2.53. The van der Waals surface area contributed by atoms with E-state index < -0.39 is 0 Å². The SMILES string of the molecule is CCCCC(P)(CCC)C(P)(CC)C(P)(CCC)CCCC. The van der Waals surface area contributed by atoms with Gasteiger partial charge in [0.2, 0.25) is 0 Å². The van der Waals surface area contributed by atoms with Crippen molar-refractivity contribution in [2.75, 3.05) is 0 Å². The van der Waals surface area contributed by atoms with Crippen LogP contribution in [0.25, 0.3) is 0 Å². The highest BCUT2D eigenvalue weighted by molar-refractivity contribution is 7.28. The van der Waals surface area contributed by atoms with E-state index in [1.54, 1.807) is 0 Å². The van der Waals surface area contributed by atoms with E-state index in [0.717, 1.165) is 0 Å². The molecule has 0 aliphatic heterocycles. The van der Waals surface area contributed by atoms with Crippen LogP contribution in [0.5, 0.6) is 0 Å². The van der Waals surface area contributed by atoms with Crippen LogP contribution in [-0.4, -0.2) is 15.5 Å². The zero-order valence-electron chi connectivity index (χ0n) is 16.0. The Morgan fingerprint density at radius 2 is 0.909 bits per heavy atom. The van der Waals surface area contributed by atoms with Gasteiger partial charge in [0.25, 0.3) is 0 Å². The average molecular weight is 364 g/mol. The average Bonchev–Trinajstić information content (AvgIpc) is 2.50. The molecule has 0 N–H and O–H groups in total. The Kier molecular flexibility index (Phi) is 11.7. The molecule has 5 unspecified atom stereocenters. The van der Waals surface area contributed by atoms with Crippen LogP contribution in [0.1, 0.15) is 105 Å². The minimum absolute atomic E-state index is 0.297. The molecule has 0 saturated heterocycles. The summed E-state index contributed by atoms with van der Waals surface area (Å²) in [6.07, 6.45) is 14.4. The van der Waals surface area contributed by atoms with Crippen LogP contribution in [0.15, 0.2) is 0 Å². The zero-order chi connectivity index (χ0) is 17.3. The molecule has 0 rings (SSSR count). The van der Waals surface area contributed by atoms with Crippen molar-refractivity contribution in [3.8, 4) is 0 Å². The van der Waals surface area contributed by atoms with Gasteiger partial charge in [0, 0.05) is 5.16 Å². The molecule has 134 valence electrons. The molecule has 0 aromatic carbocycles. The fourth-order valence-corrected chi connectivity index (χ4v) is 6.93. The first-order valence-corrected chi connectivity index (χ1v) is 11.4. The first-order chi connectivity index (χ1) is 10.3. The van der Waals surface area contributed by atoms with Crippen LogP contribution < -0.4 is 0 Å². The summed E-state index contributed by atoms with van der Waals surface area (Å²) in [7, 11) is 10.1. The smallest absolute Gasteiger partial charge is 0.00278 e. The van der Waals surface area contributed by atoms with E-state index in [-0.39, 0.29) is 0 Å². The van der Waals surface area contributed by atoms with E-state index in [2.05, 4.69) is 62.3 Å². The number of hydrogen-bond acceptors (Lipinski definition) is 0. The fourth-order valence-electron chi connectivity index (χ4n) is 4.22. The van der Waals surface area contributed by atoms with Gasteiger partial charge in [-0.05, 0) is 42.4 Å². The number of hydrogen-bond donors (Lipinski definition) is 0. The molecule has 0 fully saturated rings. The molecule has 0 bridgehead atoms. The number of unbranched alkanes of at least 4 members (excludes halogenated alkanes) is 2. The molecule has 0 spiro atoms. The maximum Gasteiger partial charge on any atom is 0.00278 e. The normalized spacial score (nSPS) is 20.2. The summed E-state index contributed by atoms with van der Waals surface area (Å²) in [5.74, 6) is 0. The minimum Gasteiger partial charge on any atom is -0.130 e. The monoisotopic (exact) mass is 364 g/mol. The van der Waals surface area contributed by atoms with Crippen molar-refractivity contribution < 1.29 is 0 Å². The summed E-state index contributed by atoms with van der Waals surface area (Å²) in [6, 6.07) is 0. The van der Waals surface area contributed by atoms with Crippen molar-refractivity contribution in [3.63, 3.8) is 0 Å². The summed E-state index contributed by atoms with van der Waals surface area (Å²) < 4.78 is 0. The van der Waals surface area contributed by atoms with Crippen LogP contribution in [0, 0.1) is 0 Å². The van der Waals surface area contributed by atoms with Gasteiger partial charge in [0.15, 0.2) is 0 Å². The molecular weight excluding hydrogens is 321 g/mol. The predicted molar refractivity (Wildman–Crippen MR) is 116 cm³/mol. The highest BCUT2D eigenvalue weighted by atomic mass is 31.0.